The number of hydrogen-bond acceptors (Lipinski definition) is 8. The minimum absolute atomic E-state index is 0.0148. The van der Waals surface area contributed by atoms with Crippen molar-refractivity contribution in [1.29, 1.82) is 0 Å². The number of nitrogens with zero attached hydrogens (tertiary/aromatic N) is 5. The summed E-state index contributed by atoms with van der Waals surface area (Å²) in [4.78, 5) is 44.5. The van der Waals surface area contributed by atoms with E-state index < -0.39 is 17.8 Å². The minimum atomic E-state index is -0.885. The predicted molar refractivity (Wildman–Crippen MR) is 144 cm³/mol. The monoisotopic (exact) mass is 549 g/mol. The molecule has 4 rings (SSSR count). The van der Waals surface area contributed by atoms with Crippen molar-refractivity contribution < 1.29 is 28.7 Å². The maximum absolute atomic E-state index is 13.2. The molecule has 0 spiro atoms. The molecule has 1 aliphatic rings. The van der Waals surface area contributed by atoms with Gasteiger partial charge in [-0.05, 0) is 59.6 Å². The molecule has 2 N–H and O–H groups in total. The van der Waals surface area contributed by atoms with Crippen LogP contribution in [0.1, 0.15) is 31.5 Å². The largest absolute Gasteiger partial charge is 0.858 e. The van der Waals surface area contributed by atoms with Crippen LogP contribution in [0.3, 0.4) is 0 Å². The van der Waals surface area contributed by atoms with Crippen molar-refractivity contribution in [1.82, 2.24) is 15.1 Å². The van der Waals surface area contributed by atoms with Gasteiger partial charge >= 0.3 is 5.88 Å². The van der Waals surface area contributed by atoms with E-state index in [1.165, 1.54) is 16.5 Å². The molecule has 0 saturated carbocycles. The number of amides is 3. The number of rotatable bonds is 9. The first-order valence-corrected chi connectivity index (χ1v) is 12.5. The van der Waals surface area contributed by atoms with E-state index >= 15 is 0 Å². The Bertz CT molecular complexity index is 1420. The lowest BCUT2D eigenvalue weighted by Crippen LogP contribution is -2.42. The molecule has 13 heteroatoms. The minimum Gasteiger partial charge on any atom is -0.858 e. The van der Waals surface area contributed by atoms with E-state index in [4.69, 9.17) is 16.7 Å². The Morgan fingerprint density at radius 3 is 2.38 bits per heavy atom. The summed E-state index contributed by atoms with van der Waals surface area (Å²) in [6.45, 7) is 3.56. The van der Waals surface area contributed by atoms with E-state index in [9.17, 15) is 19.5 Å². The number of anilines is 2. The number of hydrogen-bond donors (Lipinski definition) is 2. The van der Waals surface area contributed by atoms with Crippen molar-refractivity contribution in [2.45, 2.75) is 32.9 Å². The molecule has 2 heterocycles. The van der Waals surface area contributed by atoms with E-state index in [1.54, 1.807) is 73.5 Å². The summed E-state index contributed by atoms with van der Waals surface area (Å²) in [7, 11) is 1.62. The van der Waals surface area contributed by atoms with Crippen LogP contribution in [0.25, 0.3) is 0 Å². The fourth-order valence-corrected chi connectivity index (χ4v) is 4.49. The van der Waals surface area contributed by atoms with Crippen molar-refractivity contribution in [3.05, 3.63) is 65.9 Å². The number of benzene rings is 2. The second kappa shape index (κ2) is 11.8. The van der Waals surface area contributed by atoms with Crippen molar-refractivity contribution in [3.8, 4) is 0 Å². The number of nitrogens with one attached hydrogen (secondary N) is 2. The standard InChI is InChI=1S/C26H26N7O5S/c1-4-32-25(37)20(14-22(35)28-19-12-10-18(11-13-19)27-16(2)34)33(26(32)39)15-21-24(38-30-31(21)3)29-23(36)17-8-6-5-7-9-17/h5-13,20H,4,14-15H2,1-3H3,(H,29,36)/q-1/p+1. The lowest BCUT2D eigenvalue weighted by atomic mass is 10.1. The van der Waals surface area contributed by atoms with Gasteiger partial charge < -0.3 is 20.6 Å². The number of aromatic nitrogens is 2. The third kappa shape index (κ3) is 6.26. The molecule has 39 heavy (non-hydrogen) atoms. The molecule has 1 aromatic heterocycles. The molecule has 202 valence electrons. The SMILES string of the molecule is CCN1C(=O)C(CC(=O)Nc2ccc(NC(C)=O)cc2)N(Cc2c(/N=C(\[O-])c3ccccc3)on[n+]2C)C1=S. The second-order valence-electron chi connectivity index (χ2n) is 8.75. The number of carbonyl (C=O) groups excluding carboxylic acids is 3. The fourth-order valence-electron chi connectivity index (χ4n) is 4.08. The molecular formula is C26H27N7O5S. The summed E-state index contributed by atoms with van der Waals surface area (Å²) in [5, 5.41) is 22.2. The Kier molecular flexibility index (Phi) is 8.30. The highest BCUT2D eigenvalue weighted by Crippen LogP contribution is 2.26. The van der Waals surface area contributed by atoms with Crippen LogP contribution in [0.4, 0.5) is 17.3 Å². The number of likely N-dealkylation sites (N-methyl/N-ethyl adjacent to an activating group) is 1. The van der Waals surface area contributed by atoms with Gasteiger partial charge in [0.15, 0.2) is 12.2 Å². The molecule has 1 atom stereocenters. The van der Waals surface area contributed by atoms with E-state index in [1.807, 2.05) is 0 Å². The molecular weight excluding hydrogens is 522 g/mol. The number of thiocarbonyl (C=S) groups is 1. The van der Waals surface area contributed by atoms with Crippen LogP contribution in [0.15, 0.2) is 64.1 Å². The third-order valence-electron chi connectivity index (χ3n) is 6.02. The first kappa shape index (κ1) is 27.4. The molecule has 1 aliphatic heterocycles. The van der Waals surface area contributed by atoms with E-state index in [0.29, 0.717) is 29.2 Å². The molecule has 12 nitrogen and oxygen atoms in total. The Hall–Kier alpha value is -4.65. The van der Waals surface area contributed by atoms with Gasteiger partial charge in [0.05, 0.1) is 6.42 Å². The van der Waals surface area contributed by atoms with Gasteiger partial charge in [-0.15, -0.1) is 0 Å². The quantitative estimate of drug-likeness (QED) is 0.175. The van der Waals surface area contributed by atoms with Gasteiger partial charge in [0.25, 0.3) is 11.6 Å². The number of aryl methyl sites for hydroxylation is 1. The van der Waals surface area contributed by atoms with Crippen LogP contribution in [0.2, 0.25) is 0 Å². The van der Waals surface area contributed by atoms with Crippen LogP contribution in [-0.2, 0) is 28.0 Å². The highest BCUT2D eigenvalue weighted by atomic mass is 32.1. The summed E-state index contributed by atoms with van der Waals surface area (Å²) in [5.74, 6) is -1.44. The number of aliphatic imine (C=N–C) groups is 1. The maximum Gasteiger partial charge on any atom is 0.325 e. The molecule has 3 aromatic rings. The molecule has 1 fully saturated rings. The van der Waals surface area contributed by atoms with E-state index in [0.717, 1.165) is 0 Å². The van der Waals surface area contributed by atoms with E-state index in [-0.39, 0.29) is 35.8 Å². The zero-order valence-electron chi connectivity index (χ0n) is 21.6. The second-order valence-corrected chi connectivity index (χ2v) is 9.12. The Morgan fingerprint density at radius 1 is 1.13 bits per heavy atom. The summed E-state index contributed by atoms with van der Waals surface area (Å²) in [6, 6.07) is 14.2. The van der Waals surface area contributed by atoms with Crippen LogP contribution in [-0.4, -0.2) is 56.4 Å². The number of carbonyl (C=O) groups is 3. The summed E-state index contributed by atoms with van der Waals surface area (Å²) < 4.78 is 6.70. The zero-order valence-corrected chi connectivity index (χ0v) is 22.4. The smallest absolute Gasteiger partial charge is 0.325 e. The van der Waals surface area contributed by atoms with E-state index in [2.05, 4.69) is 20.9 Å². The lowest BCUT2D eigenvalue weighted by molar-refractivity contribution is -0.746. The third-order valence-corrected chi connectivity index (χ3v) is 6.47. The topological polar surface area (TPSA) is 147 Å². The van der Waals surface area contributed by atoms with Crippen LogP contribution in [0.5, 0.6) is 0 Å². The maximum atomic E-state index is 13.2. The molecule has 2 aromatic carbocycles. The van der Waals surface area contributed by atoms with Crippen LogP contribution < -0.4 is 20.4 Å². The molecule has 3 amide bonds. The predicted octanol–water partition coefficient (Wildman–Crippen LogP) is 1.24. The van der Waals surface area contributed by atoms with Gasteiger partial charge in [0.1, 0.15) is 12.6 Å². The average molecular weight is 550 g/mol. The first-order valence-electron chi connectivity index (χ1n) is 12.1. The first-order chi connectivity index (χ1) is 18.7. The molecule has 1 saturated heterocycles. The summed E-state index contributed by atoms with van der Waals surface area (Å²) in [6.07, 6.45) is -0.173. The van der Waals surface area contributed by atoms with Gasteiger partial charge in [-0.25, -0.2) is 4.99 Å². The van der Waals surface area contributed by atoms with Crippen molar-refractivity contribution in [2.24, 2.45) is 12.0 Å². The van der Waals surface area contributed by atoms with Crippen LogP contribution in [0, 0.1) is 0 Å². The Morgan fingerprint density at radius 2 is 1.77 bits per heavy atom. The van der Waals surface area contributed by atoms with Gasteiger partial charge in [0, 0.05) is 24.8 Å². The zero-order chi connectivity index (χ0) is 28.1. The van der Waals surface area contributed by atoms with Crippen molar-refractivity contribution >= 4 is 58.2 Å². The molecule has 1 unspecified atom stereocenters. The summed E-state index contributed by atoms with van der Waals surface area (Å²) in [5.41, 5.74) is 1.89. The Labute approximate surface area is 229 Å². The lowest BCUT2D eigenvalue weighted by Gasteiger charge is -2.21. The molecule has 0 aliphatic carbocycles. The highest BCUT2D eigenvalue weighted by Gasteiger charge is 2.44. The van der Waals surface area contributed by atoms with Crippen molar-refractivity contribution in [3.63, 3.8) is 0 Å². The normalized spacial score (nSPS) is 15.6. The Balaban J connectivity index is 1.53. The van der Waals surface area contributed by atoms with Gasteiger partial charge in [-0.3, -0.25) is 23.8 Å². The average Bonchev–Trinajstić information content (AvgIpc) is 3.36. The van der Waals surface area contributed by atoms with Gasteiger partial charge in [-0.1, -0.05) is 30.3 Å². The summed E-state index contributed by atoms with van der Waals surface area (Å²) >= 11 is 5.58. The highest BCUT2D eigenvalue weighted by molar-refractivity contribution is 7.80. The van der Waals surface area contributed by atoms with Crippen LogP contribution >= 0.6 is 12.2 Å². The molecule has 0 bridgehead atoms. The molecule has 0 radical (unpaired) electrons. The van der Waals surface area contributed by atoms with Crippen molar-refractivity contribution in [2.75, 3.05) is 17.2 Å². The van der Waals surface area contributed by atoms with Gasteiger partial charge in [0.2, 0.25) is 17.1 Å². The van der Waals surface area contributed by atoms with Gasteiger partial charge in [-0.2, -0.15) is 0 Å². The fraction of sp³-hybridized carbons (Fsp3) is 0.269.